The van der Waals surface area contributed by atoms with E-state index in [-0.39, 0.29) is 18.2 Å². The highest BCUT2D eigenvalue weighted by Crippen LogP contribution is 2.29. The number of nitro groups is 1. The van der Waals surface area contributed by atoms with Crippen molar-refractivity contribution in [1.82, 2.24) is 4.90 Å². The molecule has 0 aliphatic carbocycles. The van der Waals surface area contributed by atoms with Gasteiger partial charge in [-0.05, 0) is 26.0 Å². The van der Waals surface area contributed by atoms with Crippen molar-refractivity contribution in [2.24, 2.45) is 0 Å². The number of carbonyl (C=O) groups excluding carboxylic acids is 2. The summed E-state index contributed by atoms with van der Waals surface area (Å²) in [6.07, 6.45) is 0. The van der Waals surface area contributed by atoms with Crippen molar-refractivity contribution in [3.63, 3.8) is 0 Å². The molecule has 1 amide bonds. The van der Waals surface area contributed by atoms with Crippen LogP contribution in [0.3, 0.4) is 0 Å². The topological polar surface area (TPSA) is 89.8 Å². The zero-order chi connectivity index (χ0) is 17.0. The minimum atomic E-state index is -0.602. The second kappa shape index (κ2) is 7.19. The zero-order valence-corrected chi connectivity index (χ0v) is 13.6. The normalized spacial score (nSPS) is 10.5. The predicted molar refractivity (Wildman–Crippen MR) is 86.7 cm³/mol. The molecule has 0 saturated carbocycles. The number of rotatable bonds is 6. The van der Waals surface area contributed by atoms with Gasteiger partial charge >= 0.3 is 5.97 Å². The van der Waals surface area contributed by atoms with Crippen molar-refractivity contribution in [1.29, 1.82) is 0 Å². The quantitative estimate of drug-likeness (QED) is 0.460. The fourth-order valence-electron chi connectivity index (χ4n) is 2.11. The largest absolute Gasteiger partial charge is 0.451 e. The van der Waals surface area contributed by atoms with Crippen LogP contribution in [-0.4, -0.2) is 41.4 Å². The van der Waals surface area contributed by atoms with Gasteiger partial charge in [0.1, 0.15) is 4.88 Å². The Balaban J connectivity index is 2.09. The number of non-ortho nitro benzene ring substituents is 1. The van der Waals surface area contributed by atoms with E-state index in [1.165, 1.54) is 29.5 Å². The van der Waals surface area contributed by atoms with Crippen LogP contribution in [0.25, 0.3) is 10.1 Å². The number of nitrogens with zero attached hydrogens (tertiary/aromatic N) is 2. The maximum atomic E-state index is 12.0. The number of nitro benzene ring substituents is 1. The second-order valence-electron chi connectivity index (χ2n) is 4.73. The van der Waals surface area contributed by atoms with E-state index < -0.39 is 10.9 Å². The van der Waals surface area contributed by atoms with Crippen molar-refractivity contribution >= 4 is 39.0 Å². The highest BCUT2D eigenvalue weighted by molar-refractivity contribution is 7.20. The molecule has 0 N–H and O–H groups in total. The molecule has 0 fully saturated rings. The lowest BCUT2D eigenvalue weighted by Gasteiger charge is -2.17. The SMILES string of the molecule is CCN(CC)C(=O)COC(=O)c1cc2cc([N+](=O)[O-])ccc2s1. The Bertz CT molecular complexity index is 751. The van der Waals surface area contributed by atoms with Crippen LogP contribution < -0.4 is 0 Å². The van der Waals surface area contributed by atoms with Gasteiger partial charge in [0, 0.05) is 35.3 Å². The molecule has 1 heterocycles. The smallest absolute Gasteiger partial charge is 0.348 e. The number of thiophene rings is 1. The van der Waals surface area contributed by atoms with E-state index in [0.29, 0.717) is 23.4 Å². The molecular formula is C15H16N2O5S. The van der Waals surface area contributed by atoms with Gasteiger partial charge in [-0.25, -0.2) is 4.79 Å². The maximum Gasteiger partial charge on any atom is 0.348 e. The molecule has 1 aromatic heterocycles. The molecule has 0 bridgehead atoms. The molecule has 2 aromatic rings. The Morgan fingerprint density at radius 2 is 1.96 bits per heavy atom. The lowest BCUT2D eigenvalue weighted by Crippen LogP contribution is -2.34. The first kappa shape index (κ1) is 16.9. The monoisotopic (exact) mass is 336 g/mol. The van der Waals surface area contributed by atoms with E-state index in [2.05, 4.69) is 0 Å². The van der Waals surface area contributed by atoms with Gasteiger partial charge < -0.3 is 9.64 Å². The molecular weight excluding hydrogens is 320 g/mol. The van der Waals surface area contributed by atoms with E-state index in [0.717, 1.165) is 4.70 Å². The molecule has 0 aliphatic heterocycles. The van der Waals surface area contributed by atoms with E-state index in [9.17, 15) is 19.7 Å². The van der Waals surface area contributed by atoms with E-state index in [4.69, 9.17) is 4.74 Å². The minimum Gasteiger partial charge on any atom is -0.451 e. The zero-order valence-electron chi connectivity index (χ0n) is 12.8. The molecule has 122 valence electrons. The summed E-state index contributed by atoms with van der Waals surface area (Å²) >= 11 is 1.18. The summed E-state index contributed by atoms with van der Waals surface area (Å²) in [5.41, 5.74) is -0.0353. The average Bonchev–Trinajstić information content (AvgIpc) is 2.96. The number of fused-ring (bicyclic) bond motifs is 1. The van der Waals surface area contributed by atoms with Crippen molar-refractivity contribution in [3.05, 3.63) is 39.3 Å². The van der Waals surface area contributed by atoms with Crippen molar-refractivity contribution in [3.8, 4) is 0 Å². The summed E-state index contributed by atoms with van der Waals surface area (Å²) in [7, 11) is 0. The van der Waals surface area contributed by atoms with Crippen LogP contribution in [-0.2, 0) is 9.53 Å². The third-order valence-electron chi connectivity index (χ3n) is 3.35. The molecule has 2 rings (SSSR count). The van der Waals surface area contributed by atoms with Crippen LogP contribution in [0.15, 0.2) is 24.3 Å². The summed E-state index contributed by atoms with van der Waals surface area (Å²) in [5.74, 6) is -0.852. The summed E-state index contributed by atoms with van der Waals surface area (Å²) in [6, 6.07) is 5.93. The molecule has 0 atom stereocenters. The fourth-order valence-corrected chi connectivity index (χ4v) is 3.05. The number of ether oxygens (including phenoxy) is 1. The Labute approximate surface area is 136 Å². The number of likely N-dealkylation sites (N-methyl/N-ethyl adjacent to an activating group) is 1. The summed E-state index contributed by atoms with van der Waals surface area (Å²) in [6.45, 7) is 4.50. The fraction of sp³-hybridized carbons (Fsp3) is 0.333. The number of carbonyl (C=O) groups is 2. The molecule has 0 aliphatic rings. The Morgan fingerprint density at radius 3 is 2.57 bits per heavy atom. The first-order valence-electron chi connectivity index (χ1n) is 7.09. The average molecular weight is 336 g/mol. The summed E-state index contributed by atoms with van der Waals surface area (Å²) in [4.78, 5) is 36.0. The van der Waals surface area contributed by atoms with Gasteiger partial charge in [-0.2, -0.15) is 0 Å². The van der Waals surface area contributed by atoms with Gasteiger partial charge in [0.25, 0.3) is 11.6 Å². The third-order valence-corrected chi connectivity index (χ3v) is 4.45. The van der Waals surface area contributed by atoms with Crippen LogP contribution in [0.5, 0.6) is 0 Å². The highest BCUT2D eigenvalue weighted by atomic mass is 32.1. The molecule has 0 saturated heterocycles. The van der Waals surface area contributed by atoms with Gasteiger partial charge in [-0.1, -0.05) is 0 Å². The van der Waals surface area contributed by atoms with Crippen LogP contribution in [0, 0.1) is 10.1 Å². The standard InChI is InChI=1S/C15H16N2O5S/c1-3-16(4-2)14(18)9-22-15(19)13-8-10-7-11(17(20)21)5-6-12(10)23-13/h5-8H,3-4,9H2,1-2H3. The molecule has 0 unspecified atom stereocenters. The van der Waals surface area contributed by atoms with Crippen LogP contribution in [0.2, 0.25) is 0 Å². The Morgan fingerprint density at radius 1 is 1.26 bits per heavy atom. The number of benzene rings is 1. The molecule has 8 heteroatoms. The third kappa shape index (κ3) is 3.84. The highest BCUT2D eigenvalue weighted by Gasteiger charge is 2.17. The molecule has 0 radical (unpaired) electrons. The molecule has 1 aromatic carbocycles. The van der Waals surface area contributed by atoms with E-state index >= 15 is 0 Å². The lowest BCUT2D eigenvalue weighted by molar-refractivity contribution is -0.384. The van der Waals surface area contributed by atoms with Crippen molar-refractivity contribution in [2.75, 3.05) is 19.7 Å². The van der Waals surface area contributed by atoms with Gasteiger partial charge in [0.05, 0.1) is 4.92 Å². The Hall–Kier alpha value is -2.48. The summed E-state index contributed by atoms with van der Waals surface area (Å²) in [5, 5.41) is 11.4. The first-order chi connectivity index (χ1) is 11.0. The Kier molecular flexibility index (Phi) is 5.28. The number of esters is 1. The summed E-state index contributed by atoms with van der Waals surface area (Å²) < 4.78 is 5.78. The van der Waals surface area contributed by atoms with Gasteiger partial charge in [-0.3, -0.25) is 14.9 Å². The predicted octanol–water partition coefficient (Wildman–Crippen LogP) is 2.83. The minimum absolute atomic E-state index is 0.0353. The van der Waals surface area contributed by atoms with Crippen LogP contribution in [0.1, 0.15) is 23.5 Å². The van der Waals surface area contributed by atoms with Crippen molar-refractivity contribution < 1.29 is 19.2 Å². The van der Waals surface area contributed by atoms with E-state index in [1.54, 1.807) is 11.0 Å². The van der Waals surface area contributed by atoms with Crippen LogP contribution in [0.4, 0.5) is 5.69 Å². The molecule has 0 spiro atoms. The van der Waals surface area contributed by atoms with E-state index in [1.807, 2.05) is 13.8 Å². The van der Waals surface area contributed by atoms with Crippen LogP contribution >= 0.6 is 11.3 Å². The lowest BCUT2D eigenvalue weighted by atomic mass is 10.2. The number of hydrogen-bond donors (Lipinski definition) is 0. The maximum absolute atomic E-state index is 12.0. The molecule has 23 heavy (non-hydrogen) atoms. The second-order valence-corrected chi connectivity index (χ2v) is 5.82. The van der Waals surface area contributed by atoms with Gasteiger partial charge in [-0.15, -0.1) is 11.3 Å². The first-order valence-corrected chi connectivity index (χ1v) is 7.90. The number of amides is 1. The van der Waals surface area contributed by atoms with Gasteiger partial charge in [0.2, 0.25) is 0 Å². The van der Waals surface area contributed by atoms with Crippen molar-refractivity contribution in [2.45, 2.75) is 13.8 Å². The number of hydrogen-bond acceptors (Lipinski definition) is 6. The van der Waals surface area contributed by atoms with Gasteiger partial charge in [0.15, 0.2) is 6.61 Å². The molecule has 7 nitrogen and oxygen atoms in total.